The van der Waals surface area contributed by atoms with Crippen molar-refractivity contribution in [2.75, 3.05) is 10.0 Å². The van der Waals surface area contributed by atoms with E-state index in [1.165, 1.54) is 42.1 Å². The number of tetrazole rings is 1. The van der Waals surface area contributed by atoms with Crippen LogP contribution in [0.15, 0.2) is 75.2 Å². The van der Waals surface area contributed by atoms with E-state index < -0.39 is 15.3 Å². The molecule has 11 nitrogen and oxygen atoms in total. The lowest BCUT2D eigenvalue weighted by molar-refractivity contribution is -0.115. The molecule has 2 heterocycles. The summed E-state index contributed by atoms with van der Waals surface area (Å²) in [6.45, 7) is 3.39. The number of nitrogens with one attached hydrogen (secondary N) is 2. The summed E-state index contributed by atoms with van der Waals surface area (Å²) in [6, 6.07) is 16.6. The number of hydrogen-bond donors (Lipinski definition) is 2. The minimum atomic E-state index is -3.84. The molecule has 0 fully saturated rings. The molecule has 4 aromatic rings. The number of carbonyl (C=O) groups excluding carboxylic acids is 1. The van der Waals surface area contributed by atoms with E-state index in [1.807, 2.05) is 30.3 Å². The summed E-state index contributed by atoms with van der Waals surface area (Å²) in [4.78, 5) is 12.7. The zero-order valence-corrected chi connectivity index (χ0v) is 19.2. The zero-order chi connectivity index (χ0) is 23.4. The van der Waals surface area contributed by atoms with E-state index in [4.69, 9.17) is 4.52 Å². The van der Waals surface area contributed by atoms with Crippen LogP contribution < -0.4 is 10.0 Å². The van der Waals surface area contributed by atoms with Crippen molar-refractivity contribution in [3.8, 4) is 5.69 Å². The Kier molecular flexibility index (Phi) is 6.42. The smallest absolute Gasteiger partial charge is 0.263 e. The fourth-order valence-electron chi connectivity index (χ4n) is 2.77. The molecule has 1 amide bonds. The van der Waals surface area contributed by atoms with Gasteiger partial charge < -0.3 is 9.84 Å². The molecule has 13 heteroatoms. The van der Waals surface area contributed by atoms with Gasteiger partial charge >= 0.3 is 0 Å². The molecule has 2 aromatic heterocycles. The Morgan fingerprint density at radius 1 is 1.12 bits per heavy atom. The Labute approximate surface area is 193 Å². The normalized spacial score (nSPS) is 12.3. The number of anilines is 2. The monoisotopic (exact) mass is 485 g/mol. The summed E-state index contributed by atoms with van der Waals surface area (Å²) in [5.41, 5.74) is 1.23. The standard InChI is InChI=1S/C20H19N7O4S2/c1-13-12-18(23-31-13)24-33(29,30)17-10-8-15(9-11-17)21-19(28)14(2)32-20-22-25-26-27(20)16-6-4-3-5-7-16/h3-12,14H,1-2H3,(H,21,28)(H,23,24). The van der Waals surface area contributed by atoms with Gasteiger partial charge in [-0.2, -0.15) is 4.68 Å². The SMILES string of the molecule is Cc1cc(NS(=O)(=O)c2ccc(NC(=O)C(C)Sc3nnnn3-c3ccccc3)cc2)no1. The Morgan fingerprint density at radius 2 is 1.85 bits per heavy atom. The number of rotatable bonds is 8. The maximum Gasteiger partial charge on any atom is 0.263 e. The highest BCUT2D eigenvalue weighted by molar-refractivity contribution is 8.00. The molecule has 1 unspecified atom stereocenters. The van der Waals surface area contributed by atoms with E-state index in [9.17, 15) is 13.2 Å². The first-order valence-electron chi connectivity index (χ1n) is 9.69. The Morgan fingerprint density at radius 3 is 2.52 bits per heavy atom. The van der Waals surface area contributed by atoms with Gasteiger partial charge in [0.1, 0.15) is 5.76 Å². The average molecular weight is 486 g/mol. The van der Waals surface area contributed by atoms with Crippen LogP contribution in [-0.4, -0.2) is 44.9 Å². The van der Waals surface area contributed by atoms with Crippen LogP contribution in [0.3, 0.4) is 0 Å². The number of thioether (sulfide) groups is 1. The third-order valence-electron chi connectivity index (χ3n) is 4.39. The fourth-order valence-corrected chi connectivity index (χ4v) is 4.56. The minimum absolute atomic E-state index is 0.0191. The third kappa shape index (κ3) is 5.38. The summed E-state index contributed by atoms with van der Waals surface area (Å²) >= 11 is 1.20. The lowest BCUT2D eigenvalue weighted by atomic mass is 10.3. The largest absolute Gasteiger partial charge is 0.360 e. The number of benzene rings is 2. The van der Waals surface area contributed by atoms with Crippen molar-refractivity contribution in [1.29, 1.82) is 0 Å². The summed E-state index contributed by atoms with van der Waals surface area (Å²) in [6.07, 6.45) is 0. The summed E-state index contributed by atoms with van der Waals surface area (Å²) in [7, 11) is -3.84. The van der Waals surface area contributed by atoms with Crippen molar-refractivity contribution < 1.29 is 17.7 Å². The first-order chi connectivity index (χ1) is 15.8. The predicted molar refractivity (Wildman–Crippen MR) is 122 cm³/mol. The van der Waals surface area contributed by atoms with Crippen LogP contribution in [0.2, 0.25) is 0 Å². The number of aryl methyl sites for hydroxylation is 1. The second-order valence-corrected chi connectivity index (χ2v) is 9.90. The molecule has 0 aliphatic heterocycles. The van der Waals surface area contributed by atoms with Crippen LogP contribution >= 0.6 is 11.8 Å². The van der Waals surface area contributed by atoms with Crippen LogP contribution in [0, 0.1) is 6.92 Å². The Hall–Kier alpha value is -3.71. The molecule has 0 saturated carbocycles. The van der Waals surface area contributed by atoms with Gasteiger partial charge in [0, 0.05) is 11.8 Å². The second-order valence-electron chi connectivity index (χ2n) is 6.91. The minimum Gasteiger partial charge on any atom is -0.360 e. The molecule has 2 aromatic carbocycles. The van der Waals surface area contributed by atoms with Gasteiger partial charge in [0.2, 0.25) is 11.1 Å². The second kappa shape index (κ2) is 9.42. The van der Waals surface area contributed by atoms with E-state index in [1.54, 1.807) is 18.5 Å². The van der Waals surface area contributed by atoms with Crippen molar-refractivity contribution >= 4 is 39.2 Å². The number of aromatic nitrogens is 5. The molecule has 4 rings (SSSR count). The third-order valence-corrected chi connectivity index (χ3v) is 6.80. The van der Waals surface area contributed by atoms with Crippen molar-refractivity contribution in [2.24, 2.45) is 0 Å². The van der Waals surface area contributed by atoms with Gasteiger partial charge in [-0.15, -0.1) is 5.10 Å². The molecule has 2 N–H and O–H groups in total. The highest BCUT2D eigenvalue weighted by Gasteiger charge is 2.20. The maximum absolute atomic E-state index is 12.7. The molecule has 0 saturated heterocycles. The topological polar surface area (TPSA) is 145 Å². The fraction of sp³-hybridized carbons (Fsp3) is 0.150. The molecule has 0 spiro atoms. The first-order valence-corrected chi connectivity index (χ1v) is 12.1. The Balaban J connectivity index is 1.39. The zero-order valence-electron chi connectivity index (χ0n) is 17.5. The number of para-hydroxylation sites is 1. The molecule has 1 atom stereocenters. The number of hydrogen-bond acceptors (Lipinski definition) is 9. The number of carbonyl (C=O) groups is 1. The van der Waals surface area contributed by atoms with Crippen LogP contribution in [0.1, 0.15) is 12.7 Å². The van der Waals surface area contributed by atoms with Crippen LogP contribution in [-0.2, 0) is 14.8 Å². The van der Waals surface area contributed by atoms with Gasteiger partial charge in [-0.25, -0.2) is 8.42 Å². The predicted octanol–water partition coefficient (Wildman–Crippen LogP) is 2.88. The average Bonchev–Trinajstić information content (AvgIpc) is 3.43. The van der Waals surface area contributed by atoms with E-state index in [2.05, 4.69) is 30.7 Å². The van der Waals surface area contributed by atoms with Crippen LogP contribution in [0.4, 0.5) is 11.5 Å². The molecular weight excluding hydrogens is 466 g/mol. The Bertz CT molecular complexity index is 1350. The van der Waals surface area contributed by atoms with Crippen molar-refractivity contribution in [3.63, 3.8) is 0 Å². The summed E-state index contributed by atoms with van der Waals surface area (Å²) in [5.74, 6) is 0.290. The van der Waals surface area contributed by atoms with Crippen molar-refractivity contribution in [3.05, 3.63) is 66.4 Å². The summed E-state index contributed by atoms with van der Waals surface area (Å²) in [5, 5.41) is 18.0. The lowest BCUT2D eigenvalue weighted by Gasteiger charge is -2.12. The number of sulfonamides is 1. The van der Waals surface area contributed by atoms with Crippen molar-refractivity contribution in [2.45, 2.75) is 29.1 Å². The quantitative estimate of drug-likeness (QED) is 0.360. The van der Waals surface area contributed by atoms with Gasteiger partial charge in [0.25, 0.3) is 10.0 Å². The first kappa shape index (κ1) is 22.5. The molecular formula is C20H19N7O4S2. The van der Waals surface area contributed by atoms with Gasteiger partial charge in [0.05, 0.1) is 15.8 Å². The van der Waals surface area contributed by atoms with E-state index in [-0.39, 0.29) is 16.6 Å². The van der Waals surface area contributed by atoms with Crippen molar-refractivity contribution in [1.82, 2.24) is 25.4 Å². The molecule has 0 aliphatic rings. The van der Waals surface area contributed by atoms with Crippen LogP contribution in [0.25, 0.3) is 5.69 Å². The van der Waals surface area contributed by atoms with E-state index in [0.717, 1.165) is 5.69 Å². The number of nitrogens with zero attached hydrogens (tertiary/aromatic N) is 5. The molecule has 33 heavy (non-hydrogen) atoms. The lowest BCUT2D eigenvalue weighted by Crippen LogP contribution is -2.23. The van der Waals surface area contributed by atoms with Gasteiger partial charge in [-0.3, -0.25) is 9.52 Å². The van der Waals surface area contributed by atoms with E-state index in [0.29, 0.717) is 16.6 Å². The molecule has 170 valence electrons. The van der Waals surface area contributed by atoms with Crippen LogP contribution in [0.5, 0.6) is 0 Å². The van der Waals surface area contributed by atoms with Gasteiger partial charge in [-0.1, -0.05) is 35.1 Å². The molecule has 0 radical (unpaired) electrons. The van der Waals surface area contributed by atoms with Gasteiger partial charge in [0.15, 0.2) is 5.82 Å². The highest BCUT2D eigenvalue weighted by atomic mass is 32.2. The van der Waals surface area contributed by atoms with E-state index >= 15 is 0 Å². The maximum atomic E-state index is 12.7. The highest BCUT2D eigenvalue weighted by Crippen LogP contribution is 2.24. The van der Waals surface area contributed by atoms with Gasteiger partial charge in [-0.05, 0) is 60.7 Å². The molecule has 0 bridgehead atoms. The summed E-state index contributed by atoms with van der Waals surface area (Å²) < 4.78 is 33.7. The number of amides is 1. The molecule has 0 aliphatic carbocycles.